The van der Waals surface area contributed by atoms with Crippen LogP contribution in [-0.2, 0) is 11.4 Å². The van der Waals surface area contributed by atoms with Gasteiger partial charge >= 0.3 is 0 Å². The van der Waals surface area contributed by atoms with E-state index in [0.29, 0.717) is 24.9 Å². The maximum absolute atomic E-state index is 5.45. The van der Waals surface area contributed by atoms with E-state index in [4.69, 9.17) is 9.25 Å². The molecule has 0 unspecified atom stereocenters. The Labute approximate surface area is 93.4 Å². The monoisotopic (exact) mass is 219 g/mol. The Morgan fingerprint density at radius 2 is 2.06 bits per heavy atom. The second-order valence-electron chi connectivity index (χ2n) is 3.12. The van der Waals surface area contributed by atoms with E-state index in [0.717, 1.165) is 5.56 Å². The van der Waals surface area contributed by atoms with Gasteiger partial charge in [-0.05, 0) is 19.1 Å². The van der Waals surface area contributed by atoms with E-state index in [1.807, 2.05) is 37.3 Å². The highest BCUT2D eigenvalue weighted by molar-refractivity contribution is 5.51. The summed E-state index contributed by atoms with van der Waals surface area (Å²) >= 11 is 0. The van der Waals surface area contributed by atoms with Gasteiger partial charge in [0, 0.05) is 5.56 Å². The average molecular weight is 219 g/mol. The number of nitrogens with one attached hydrogen (secondary N) is 1. The number of aromatic nitrogens is 2. The van der Waals surface area contributed by atoms with E-state index in [2.05, 4.69) is 15.7 Å². The lowest BCUT2D eigenvalue weighted by Crippen LogP contribution is -2.13. The summed E-state index contributed by atoms with van der Waals surface area (Å²) in [6.45, 7) is 2.91. The van der Waals surface area contributed by atoms with Crippen LogP contribution in [0.1, 0.15) is 12.8 Å². The molecule has 5 heteroatoms. The van der Waals surface area contributed by atoms with Gasteiger partial charge in [0.2, 0.25) is 11.8 Å². The zero-order valence-electron chi connectivity index (χ0n) is 9.01. The smallest absolute Gasteiger partial charge is 0.247 e. The second kappa shape index (κ2) is 5.39. The Bertz CT molecular complexity index is 428. The van der Waals surface area contributed by atoms with Gasteiger partial charge in [-0.1, -0.05) is 18.2 Å². The van der Waals surface area contributed by atoms with E-state index in [1.165, 1.54) is 0 Å². The van der Waals surface area contributed by atoms with Crippen molar-refractivity contribution in [2.75, 3.05) is 6.61 Å². The minimum atomic E-state index is 0.410. The van der Waals surface area contributed by atoms with Gasteiger partial charge in [-0.3, -0.25) is 0 Å². The molecule has 16 heavy (non-hydrogen) atoms. The van der Waals surface area contributed by atoms with Crippen molar-refractivity contribution in [3.05, 3.63) is 36.2 Å². The number of nitrogens with zero attached hydrogens (tertiary/aromatic N) is 2. The molecule has 0 atom stereocenters. The summed E-state index contributed by atoms with van der Waals surface area (Å²) in [6, 6.07) is 9.65. The van der Waals surface area contributed by atoms with E-state index in [1.54, 1.807) is 0 Å². The Kier molecular flexibility index (Phi) is 3.63. The van der Waals surface area contributed by atoms with Crippen molar-refractivity contribution >= 4 is 0 Å². The number of rotatable bonds is 5. The number of benzene rings is 1. The van der Waals surface area contributed by atoms with Crippen LogP contribution in [-0.4, -0.2) is 16.8 Å². The Morgan fingerprint density at radius 1 is 1.25 bits per heavy atom. The molecule has 0 aliphatic rings. The Morgan fingerprint density at radius 3 is 2.81 bits per heavy atom. The van der Waals surface area contributed by atoms with Crippen LogP contribution in [0.5, 0.6) is 0 Å². The Hall–Kier alpha value is -1.72. The van der Waals surface area contributed by atoms with Gasteiger partial charge < -0.3 is 9.25 Å². The second-order valence-corrected chi connectivity index (χ2v) is 3.12. The molecule has 0 amide bonds. The first kappa shape index (κ1) is 10.8. The molecular formula is C11H13N3O2. The third kappa shape index (κ3) is 2.65. The fourth-order valence-electron chi connectivity index (χ4n) is 1.24. The fourth-order valence-corrected chi connectivity index (χ4v) is 1.24. The third-order valence-corrected chi connectivity index (χ3v) is 1.96. The number of hydroxylamine groups is 1. The van der Waals surface area contributed by atoms with Crippen molar-refractivity contribution in [1.29, 1.82) is 0 Å². The number of hydrogen-bond acceptors (Lipinski definition) is 5. The quantitative estimate of drug-likeness (QED) is 0.613. The molecule has 1 heterocycles. The first-order chi connectivity index (χ1) is 7.90. The van der Waals surface area contributed by atoms with Gasteiger partial charge in [0.1, 0.15) is 0 Å². The maximum atomic E-state index is 5.45. The summed E-state index contributed by atoms with van der Waals surface area (Å²) in [4.78, 5) is 4.97. The minimum Gasteiger partial charge on any atom is -0.419 e. The van der Waals surface area contributed by atoms with Crippen molar-refractivity contribution in [3.63, 3.8) is 0 Å². The van der Waals surface area contributed by atoms with Crippen LogP contribution in [0.15, 0.2) is 34.7 Å². The van der Waals surface area contributed by atoms with Crippen molar-refractivity contribution < 1.29 is 9.25 Å². The molecule has 84 valence electrons. The van der Waals surface area contributed by atoms with Crippen LogP contribution in [0.2, 0.25) is 0 Å². The average Bonchev–Trinajstić information content (AvgIpc) is 2.79. The predicted octanol–water partition coefficient (Wildman–Crippen LogP) is 1.78. The summed E-state index contributed by atoms with van der Waals surface area (Å²) in [5.41, 5.74) is 3.63. The SMILES string of the molecule is CCONCc1nnc(-c2ccccc2)o1. The third-order valence-electron chi connectivity index (χ3n) is 1.96. The summed E-state index contributed by atoms with van der Waals surface area (Å²) in [6.07, 6.45) is 0. The topological polar surface area (TPSA) is 60.2 Å². The van der Waals surface area contributed by atoms with Crippen LogP contribution < -0.4 is 5.48 Å². The lowest BCUT2D eigenvalue weighted by atomic mass is 10.2. The molecule has 0 bridgehead atoms. The highest BCUT2D eigenvalue weighted by Gasteiger charge is 2.07. The van der Waals surface area contributed by atoms with Crippen LogP contribution in [0.25, 0.3) is 11.5 Å². The van der Waals surface area contributed by atoms with Gasteiger partial charge in [0.25, 0.3) is 0 Å². The van der Waals surface area contributed by atoms with Gasteiger partial charge in [-0.2, -0.15) is 5.48 Å². The first-order valence-corrected chi connectivity index (χ1v) is 5.12. The van der Waals surface area contributed by atoms with E-state index >= 15 is 0 Å². The Balaban J connectivity index is 2.02. The highest BCUT2D eigenvalue weighted by atomic mass is 16.6. The summed E-state index contributed by atoms with van der Waals surface area (Å²) < 4.78 is 5.45. The molecule has 0 saturated heterocycles. The molecule has 0 spiro atoms. The van der Waals surface area contributed by atoms with E-state index in [-0.39, 0.29) is 0 Å². The zero-order valence-corrected chi connectivity index (χ0v) is 9.01. The van der Waals surface area contributed by atoms with Crippen LogP contribution in [0, 0.1) is 0 Å². The fraction of sp³-hybridized carbons (Fsp3) is 0.273. The largest absolute Gasteiger partial charge is 0.419 e. The molecule has 5 nitrogen and oxygen atoms in total. The van der Waals surface area contributed by atoms with Gasteiger partial charge in [0.15, 0.2) is 0 Å². The van der Waals surface area contributed by atoms with Crippen LogP contribution in [0.4, 0.5) is 0 Å². The predicted molar refractivity (Wildman–Crippen MR) is 58.2 cm³/mol. The van der Waals surface area contributed by atoms with Crippen LogP contribution in [0.3, 0.4) is 0 Å². The van der Waals surface area contributed by atoms with Crippen molar-refractivity contribution in [3.8, 4) is 11.5 Å². The molecule has 2 aromatic rings. The number of hydrogen-bond donors (Lipinski definition) is 1. The molecule has 0 aliphatic carbocycles. The summed E-state index contributed by atoms with van der Waals surface area (Å²) in [5, 5.41) is 7.86. The molecule has 1 aromatic heterocycles. The van der Waals surface area contributed by atoms with Crippen molar-refractivity contribution in [1.82, 2.24) is 15.7 Å². The van der Waals surface area contributed by atoms with Gasteiger partial charge in [-0.15, -0.1) is 10.2 Å². The van der Waals surface area contributed by atoms with Crippen molar-refractivity contribution in [2.24, 2.45) is 0 Å². The standard InChI is InChI=1S/C11H13N3O2/c1-2-15-12-8-10-13-14-11(16-10)9-6-4-3-5-7-9/h3-7,12H,2,8H2,1H3. The zero-order chi connectivity index (χ0) is 11.2. The summed E-state index contributed by atoms with van der Waals surface area (Å²) in [5.74, 6) is 1.03. The molecule has 0 fully saturated rings. The highest BCUT2D eigenvalue weighted by Crippen LogP contribution is 2.16. The molecule has 0 aliphatic heterocycles. The molecule has 2 rings (SSSR count). The van der Waals surface area contributed by atoms with Crippen molar-refractivity contribution in [2.45, 2.75) is 13.5 Å². The normalized spacial score (nSPS) is 10.6. The maximum Gasteiger partial charge on any atom is 0.247 e. The lowest BCUT2D eigenvalue weighted by Gasteiger charge is -1.98. The first-order valence-electron chi connectivity index (χ1n) is 5.12. The summed E-state index contributed by atoms with van der Waals surface area (Å²) in [7, 11) is 0. The van der Waals surface area contributed by atoms with E-state index in [9.17, 15) is 0 Å². The van der Waals surface area contributed by atoms with Gasteiger partial charge in [0.05, 0.1) is 13.2 Å². The van der Waals surface area contributed by atoms with Crippen LogP contribution >= 0.6 is 0 Å². The molecule has 1 aromatic carbocycles. The molecule has 0 saturated carbocycles. The lowest BCUT2D eigenvalue weighted by molar-refractivity contribution is 0.0416. The molecule has 0 radical (unpaired) electrons. The van der Waals surface area contributed by atoms with E-state index < -0.39 is 0 Å². The minimum absolute atomic E-state index is 0.410. The van der Waals surface area contributed by atoms with Gasteiger partial charge in [-0.25, -0.2) is 0 Å². The molecular weight excluding hydrogens is 206 g/mol. The molecule has 1 N–H and O–H groups in total.